The van der Waals surface area contributed by atoms with Crippen LogP contribution >= 0.6 is 12.6 Å². The molecular formula is C10H22B2N2OS. The van der Waals surface area contributed by atoms with Crippen LogP contribution in [-0.4, -0.2) is 44.4 Å². The Morgan fingerprint density at radius 1 is 1.62 bits per heavy atom. The maximum absolute atomic E-state index is 10.9. The molecule has 2 atom stereocenters. The zero-order valence-corrected chi connectivity index (χ0v) is 11.5. The molecule has 1 fully saturated rings. The SMILES string of the molecule is BC(NC(=O)S)C(CC)CCN(B)C1CC1. The molecule has 1 N–H and O–H groups in total. The van der Waals surface area contributed by atoms with Crippen LogP contribution < -0.4 is 5.32 Å². The van der Waals surface area contributed by atoms with Crippen LogP contribution in [0.1, 0.15) is 32.6 Å². The van der Waals surface area contributed by atoms with E-state index in [-0.39, 0.29) is 11.2 Å². The highest BCUT2D eigenvalue weighted by atomic mass is 32.1. The van der Waals surface area contributed by atoms with Crippen LogP contribution in [0.15, 0.2) is 0 Å². The standard InChI is InChI=1S/C10H22B2N2OS/c1-2-7(9(11)13-10(15)16)5-6-14(12)8-3-4-8/h7-9H,2-6,11-12H2,1H3,(H2,13,15,16). The van der Waals surface area contributed by atoms with E-state index in [4.69, 9.17) is 0 Å². The zero-order valence-electron chi connectivity index (χ0n) is 10.6. The highest BCUT2D eigenvalue weighted by Crippen LogP contribution is 2.25. The highest BCUT2D eigenvalue weighted by molar-refractivity contribution is 7.96. The van der Waals surface area contributed by atoms with Crippen molar-refractivity contribution in [3.8, 4) is 0 Å². The van der Waals surface area contributed by atoms with Gasteiger partial charge in [-0.05, 0) is 37.8 Å². The highest BCUT2D eigenvalue weighted by Gasteiger charge is 2.26. The molecule has 0 aromatic heterocycles. The van der Waals surface area contributed by atoms with Gasteiger partial charge in [-0.25, -0.2) is 0 Å². The van der Waals surface area contributed by atoms with Crippen LogP contribution in [0.3, 0.4) is 0 Å². The second-order valence-electron chi connectivity index (χ2n) is 4.91. The summed E-state index contributed by atoms with van der Waals surface area (Å²) < 4.78 is 0. The quantitative estimate of drug-likeness (QED) is 0.485. The smallest absolute Gasteiger partial charge is 0.275 e. The zero-order chi connectivity index (χ0) is 12.1. The maximum Gasteiger partial charge on any atom is 0.275 e. The summed E-state index contributed by atoms with van der Waals surface area (Å²) in [4.78, 5) is 13.3. The lowest BCUT2D eigenvalue weighted by atomic mass is 9.80. The lowest BCUT2D eigenvalue weighted by Crippen LogP contribution is -2.39. The van der Waals surface area contributed by atoms with Crippen LogP contribution in [0.2, 0.25) is 0 Å². The van der Waals surface area contributed by atoms with Gasteiger partial charge in [-0.15, -0.1) is 0 Å². The maximum atomic E-state index is 10.9. The Balaban J connectivity index is 2.26. The second kappa shape index (κ2) is 6.60. The second-order valence-corrected chi connectivity index (χ2v) is 5.31. The van der Waals surface area contributed by atoms with Gasteiger partial charge in [0.1, 0.15) is 7.85 Å². The van der Waals surface area contributed by atoms with Gasteiger partial charge in [-0.2, -0.15) is 0 Å². The Kier molecular flexibility index (Phi) is 5.76. The summed E-state index contributed by atoms with van der Waals surface area (Å²) in [5.74, 6) is 0.778. The Morgan fingerprint density at radius 2 is 2.25 bits per heavy atom. The van der Waals surface area contributed by atoms with Crippen molar-refractivity contribution in [1.29, 1.82) is 0 Å². The topological polar surface area (TPSA) is 32.3 Å². The largest absolute Gasteiger partial charge is 0.352 e. The third-order valence-electron chi connectivity index (χ3n) is 3.61. The Morgan fingerprint density at radius 3 is 2.69 bits per heavy atom. The molecule has 1 aliphatic rings. The van der Waals surface area contributed by atoms with Gasteiger partial charge in [0.25, 0.3) is 5.24 Å². The van der Waals surface area contributed by atoms with Crippen molar-refractivity contribution in [2.24, 2.45) is 5.92 Å². The van der Waals surface area contributed by atoms with Crippen molar-refractivity contribution in [2.45, 2.75) is 44.6 Å². The summed E-state index contributed by atoms with van der Waals surface area (Å²) >= 11 is 3.76. The fourth-order valence-electron chi connectivity index (χ4n) is 2.19. The number of carbonyl (C=O) groups is 1. The van der Waals surface area contributed by atoms with Crippen LogP contribution in [0.5, 0.6) is 0 Å². The van der Waals surface area contributed by atoms with Crippen molar-refractivity contribution in [3.05, 3.63) is 0 Å². The lowest BCUT2D eigenvalue weighted by Gasteiger charge is -2.26. The van der Waals surface area contributed by atoms with E-state index in [1.165, 1.54) is 12.8 Å². The van der Waals surface area contributed by atoms with Gasteiger partial charge in [0.05, 0.1) is 0 Å². The molecule has 3 nitrogen and oxygen atoms in total. The van der Waals surface area contributed by atoms with Gasteiger partial charge in [0, 0.05) is 5.94 Å². The van der Waals surface area contributed by atoms with E-state index >= 15 is 0 Å². The molecule has 16 heavy (non-hydrogen) atoms. The summed E-state index contributed by atoms with van der Waals surface area (Å²) in [5.41, 5.74) is 0. The molecule has 2 unspecified atom stereocenters. The minimum absolute atomic E-state index is 0.221. The van der Waals surface area contributed by atoms with Crippen molar-refractivity contribution in [1.82, 2.24) is 10.1 Å². The molecule has 1 aliphatic carbocycles. The first-order valence-corrected chi connectivity index (χ1v) is 6.69. The molecule has 6 heteroatoms. The summed E-state index contributed by atoms with van der Waals surface area (Å²) in [6, 6.07) is 0.826. The summed E-state index contributed by atoms with van der Waals surface area (Å²) in [6.45, 7) is 3.32. The first-order chi connectivity index (χ1) is 7.54. The average molecular weight is 240 g/mol. The van der Waals surface area contributed by atoms with Crippen molar-refractivity contribution < 1.29 is 4.79 Å². The van der Waals surface area contributed by atoms with Gasteiger partial charge >= 0.3 is 0 Å². The molecule has 0 heterocycles. The normalized spacial score (nSPS) is 19.4. The summed E-state index contributed by atoms with van der Waals surface area (Å²) in [6.07, 6.45) is 4.97. The number of nitrogens with one attached hydrogen (secondary N) is 1. The molecule has 1 rings (SSSR count). The van der Waals surface area contributed by atoms with Crippen LogP contribution in [-0.2, 0) is 0 Å². The Labute approximate surface area is 106 Å². The molecule has 0 aliphatic heterocycles. The van der Waals surface area contributed by atoms with E-state index in [0.29, 0.717) is 5.92 Å². The number of carbonyl (C=O) groups excluding carboxylic acids is 1. The monoisotopic (exact) mass is 240 g/mol. The van der Waals surface area contributed by atoms with Gasteiger partial charge in [-0.3, -0.25) is 4.79 Å². The molecule has 90 valence electrons. The minimum atomic E-state index is -0.221. The van der Waals surface area contributed by atoms with Gasteiger partial charge in [0.2, 0.25) is 0 Å². The van der Waals surface area contributed by atoms with E-state index in [1.54, 1.807) is 0 Å². The molecule has 1 amide bonds. The third kappa shape index (κ3) is 4.83. The molecule has 0 radical (unpaired) electrons. The first-order valence-electron chi connectivity index (χ1n) is 6.24. The van der Waals surface area contributed by atoms with E-state index in [2.05, 4.69) is 45.5 Å². The van der Waals surface area contributed by atoms with Crippen LogP contribution in [0.4, 0.5) is 4.79 Å². The molecule has 0 saturated heterocycles. The van der Waals surface area contributed by atoms with E-state index in [1.807, 2.05) is 0 Å². The fourth-order valence-corrected chi connectivity index (χ4v) is 2.39. The van der Waals surface area contributed by atoms with E-state index in [0.717, 1.165) is 25.4 Å². The fraction of sp³-hybridized carbons (Fsp3) is 0.900. The minimum Gasteiger partial charge on any atom is -0.352 e. The average Bonchev–Trinajstić information content (AvgIpc) is 3.00. The molecular weight excluding hydrogens is 218 g/mol. The van der Waals surface area contributed by atoms with Crippen molar-refractivity contribution >= 4 is 33.7 Å². The molecule has 0 aromatic rings. The number of amides is 1. The third-order valence-corrected chi connectivity index (χ3v) is 3.73. The number of nitrogens with zero attached hydrogens (tertiary/aromatic N) is 1. The number of rotatable bonds is 7. The predicted molar refractivity (Wildman–Crippen MR) is 76.5 cm³/mol. The summed E-state index contributed by atoms with van der Waals surface area (Å²) in [5, 5.41) is 2.65. The van der Waals surface area contributed by atoms with Crippen molar-refractivity contribution in [2.75, 3.05) is 6.54 Å². The van der Waals surface area contributed by atoms with Crippen LogP contribution in [0, 0.1) is 5.92 Å². The number of hydrogen-bond acceptors (Lipinski definition) is 2. The van der Waals surface area contributed by atoms with Gasteiger partial charge < -0.3 is 10.1 Å². The molecule has 0 aromatic carbocycles. The van der Waals surface area contributed by atoms with E-state index in [9.17, 15) is 4.79 Å². The predicted octanol–water partition coefficient (Wildman–Crippen LogP) is 0.0138. The number of hydrogen-bond donors (Lipinski definition) is 2. The van der Waals surface area contributed by atoms with Crippen LogP contribution in [0.25, 0.3) is 0 Å². The Bertz CT molecular complexity index is 239. The first kappa shape index (κ1) is 14.0. The van der Waals surface area contributed by atoms with E-state index < -0.39 is 0 Å². The molecule has 0 bridgehead atoms. The summed E-state index contributed by atoms with van der Waals surface area (Å²) in [7, 11) is 4.27. The number of thiol groups is 1. The van der Waals surface area contributed by atoms with Gasteiger partial charge in [0.15, 0.2) is 7.98 Å². The molecule has 0 spiro atoms. The van der Waals surface area contributed by atoms with Gasteiger partial charge in [-0.1, -0.05) is 26.0 Å². The Hall–Kier alpha value is -0.0901. The molecule has 1 saturated carbocycles. The van der Waals surface area contributed by atoms with Crippen molar-refractivity contribution in [3.63, 3.8) is 0 Å². The lowest BCUT2D eigenvalue weighted by molar-refractivity contribution is 0.255.